The Bertz CT molecular complexity index is 2030. The molecule has 0 radical (unpaired) electrons. The number of hydrogen-bond acceptors (Lipinski definition) is 11. The zero-order valence-electron chi connectivity index (χ0n) is 25.1. The van der Waals surface area contributed by atoms with Gasteiger partial charge in [0.15, 0.2) is 16.3 Å². The number of para-hydroxylation sites is 1. The van der Waals surface area contributed by atoms with Crippen molar-refractivity contribution in [2.75, 3.05) is 13.7 Å². The van der Waals surface area contributed by atoms with Crippen molar-refractivity contribution in [1.82, 2.24) is 4.57 Å². The second kappa shape index (κ2) is 12.7. The summed E-state index contributed by atoms with van der Waals surface area (Å²) in [6.07, 6.45) is 1.53. The summed E-state index contributed by atoms with van der Waals surface area (Å²) in [5, 5.41) is 11.5. The number of hydrogen-bond donors (Lipinski definition) is 0. The van der Waals surface area contributed by atoms with Crippen LogP contribution in [0.4, 0.5) is 5.69 Å². The van der Waals surface area contributed by atoms with Crippen molar-refractivity contribution in [3.05, 3.63) is 107 Å². The summed E-state index contributed by atoms with van der Waals surface area (Å²) in [6, 6.07) is 13.2. The molecule has 1 aliphatic rings. The van der Waals surface area contributed by atoms with Gasteiger partial charge in [-0.15, -0.1) is 0 Å². The van der Waals surface area contributed by atoms with E-state index in [2.05, 4.69) is 4.99 Å². The molecule has 45 heavy (non-hydrogen) atoms. The summed E-state index contributed by atoms with van der Waals surface area (Å²) in [7, 11) is 1.41. The lowest BCUT2D eigenvalue weighted by molar-refractivity contribution is -0.384. The first kappa shape index (κ1) is 31.1. The molecule has 4 aromatic rings. The molecule has 5 rings (SSSR count). The van der Waals surface area contributed by atoms with Crippen LogP contribution in [-0.2, 0) is 14.3 Å². The minimum absolute atomic E-state index is 0.0769. The average molecular weight is 632 g/mol. The first-order valence-corrected chi connectivity index (χ1v) is 14.7. The van der Waals surface area contributed by atoms with Crippen LogP contribution in [0, 0.1) is 16.0 Å². The molecule has 0 aliphatic carbocycles. The van der Waals surface area contributed by atoms with E-state index in [0.29, 0.717) is 27.4 Å². The number of furan rings is 1. The smallest absolute Gasteiger partial charge is 0.338 e. The van der Waals surface area contributed by atoms with E-state index in [1.807, 2.05) is 13.8 Å². The summed E-state index contributed by atoms with van der Waals surface area (Å²) in [5.74, 6) is -0.105. The molecule has 3 heterocycles. The number of esters is 2. The van der Waals surface area contributed by atoms with Crippen LogP contribution in [0.5, 0.6) is 11.5 Å². The van der Waals surface area contributed by atoms with Crippen LogP contribution in [0.1, 0.15) is 45.1 Å². The third-order valence-electron chi connectivity index (χ3n) is 6.81. The summed E-state index contributed by atoms with van der Waals surface area (Å²) in [6.45, 7) is 6.93. The second-order valence-corrected chi connectivity index (χ2v) is 11.6. The molecule has 0 unspecified atom stereocenters. The lowest BCUT2D eigenvalue weighted by atomic mass is 9.95. The number of nitrogens with zero attached hydrogens (tertiary/aromatic N) is 3. The highest BCUT2D eigenvalue weighted by molar-refractivity contribution is 7.07. The molecule has 12 nitrogen and oxygen atoms in total. The van der Waals surface area contributed by atoms with Crippen LogP contribution in [0.2, 0.25) is 0 Å². The number of nitro benzene ring substituents is 1. The third-order valence-corrected chi connectivity index (χ3v) is 7.80. The Morgan fingerprint density at radius 2 is 1.91 bits per heavy atom. The maximum atomic E-state index is 14.0. The van der Waals surface area contributed by atoms with Gasteiger partial charge < -0.3 is 18.6 Å². The van der Waals surface area contributed by atoms with Crippen molar-refractivity contribution >= 4 is 35.0 Å². The summed E-state index contributed by atoms with van der Waals surface area (Å²) < 4.78 is 23.9. The maximum Gasteiger partial charge on any atom is 0.338 e. The molecule has 1 atom stereocenters. The highest BCUT2D eigenvalue weighted by Gasteiger charge is 2.34. The quantitative estimate of drug-likeness (QED) is 0.112. The zero-order valence-corrected chi connectivity index (χ0v) is 25.9. The largest absolute Gasteiger partial charge is 0.493 e. The maximum absolute atomic E-state index is 14.0. The fourth-order valence-electron chi connectivity index (χ4n) is 4.86. The first-order chi connectivity index (χ1) is 21.5. The number of carbonyl (C=O) groups excluding carboxylic acids is 2. The van der Waals surface area contributed by atoms with E-state index in [1.165, 1.54) is 36.8 Å². The van der Waals surface area contributed by atoms with Crippen LogP contribution in [0.15, 0.2) is 80.1 Å². The van der Waals surface area contributed by atoms with E-state index in [1.54, 1.807) is 49.4 Å². The molecule has 0 saturated carbocycles. The van der Waals surface area contributed by atoms with Gasteiger partial charge in [-0.1, -0.05) is 43.4 Å². The second-order valence-electron chi connectivity index (χ2n) is 10.6. The van der Waals surface area contributed by atoms with E-state index in [-0.39, 0.29) is 45.6 Å². The molecular weight excluding hydrogens is 602 g/mol. The Morgan fingerprint density at radius 1 is 1.16 bits per heavy atom. The van der Waals surface area contributed by atoms with E-state index < -0.39 is 28.5 Å². The topological polar surface area (TPSA) is 152 Å². The van der Waals surface area contributed by atoms with Crippen LogP contribution in [0.3, 0.4) is 0 Å². The molecule has 2 aromatic carbocycles. The van der Waals surface area contributed by atoms with E-state index in [0.717, 1.165) is 11.3 Å². The minimum Gasteiger partial charge on any atom is -0.493 e. The van der Waals surface area contributed by atoms with Gasteiger partial charge in [-0.2, -0.15) is 0 Å². The molecule has 0 N–H and O–H groups in total. The van der Waals surface area contributed by atoms with Crippen molar-refractivity contribution in [2.24, 2.45) is 10.9 Å². The third kappa shape index (κ3) is 6.34. The van der Waals surface area contributed by atoms with Gasteiger partial charge in [-0.3, -0.25) is 24.3 Å². The molecule has 13 heteroatoms. The monoisotopic (exact) mass is 631 g/mol. The van der Waals surface area contributed by atoms with Crippen molar-refractivity contribution in [1.29, 1.82) is 0 Å². The molecule has 0 spiro atoms. The number of thiazole rings is 1. The standard InChI is InChI=1S/C32H29N3O9S/c1-17(2)16-42-31(38)28-18(3)33-32-34(29(28)20-10-12-25(43-19(4)36)26(14-20)41-5)30(37)27(45-32)15-21-11-13-24(44-21)22-8-6-7-9-23(22)35(39)40/h6-15,17,29H,16H2,1-5H3/b27-15+/t29-/m1/s1. The Morgan fingerprint density at radius 3 is 2.60 bits per heavy atom. The van der Waals surface area contributed by atoms with E-state index in [9.17, 15) is 24.5 Å². The van der Waals surface area contributed by atoms with Gasteiger partial charge in [0.1, 0.15) is 11.5 Å². The number of aromatic nitrogens is 1. The Labute approximate surface area is 260 Å². The van der Waals surface area contributed by atoms with Crippen LogP contribution >= 0.6 is 11.3 Å². The van der Waals surface area contributed by atoms with Crippen molar-refractivity contribution < 1.29 is 33.1 Å². The predicted molar refractivity (Wildman–Crippen MR) is 165 cm³/mol. The van der Waals surface area contributed by atoms with Gasteiger partial charge in [0.25, 0.3) is 11.2 Å². The Hall–Kier alpha value is -5.30. The number of methoxy groups -OCH3 is 1. The highest BCUT2D eigenvalue weighted by atomic mass is 32.1. The van der Waals surface area contributed by atoms with Gasteiger partial charge in [0, 0.05) is 19.1 Å². The van der Waals surface area contributed by atoms with E-state index >= 15 is 0 Å². The first-order valence-electron chi connectivity index (χ1n) is 13.9. The SMILES string of the molecule is COc1cc([C@@H]2C(C(=O)OCC(C)C)=C(C)N=c3s/c(=C/c4ccc(-c5ccccc5[N+](=O)[O-])o4)c(=O)n32)ccc1OC(C)=O. The fourth-order valence-corrected chi connectivity index (χ4v) is 5.88. The Balaban J connectivity index is 1.64. The molecule has 1 aliphatic heterocycles. The number of rotatable bonds is 9. The lowest BCUT2D eigenvalue weighted by Gasteiger charge is -2.25. The number of allylic oxidation sites excluding steroid dienone is 1. The van der Waals surface area contributed by atoms with E-state index in [4.69, 9.17) is 18.6 Å². The Kier molecular flexibility index (Phi) is 8.82. The summed E-state index contributed by atoms with van der Waals surface area (Å²) >= 11 is 1.10. The predicted octanol–water partition coefficient (Wildman–Crippen LogP) is 4.54. The fraction of sp³-hybridized carbons (Fsp3) is 0.250. The van der Waals surface area contributed by atoms with Gasteiger partial charge in [-0.25, -0.2) is 9.79 Å². The van der Waals surface area contributed by atoms with Crippen LogP contribution in [-0.4, -0.2) is 35.1 Å². The molecule has 232 valence electrons. The molecule has 0 saturated heterocycles. The normalized spacial score (nSPS) is 14.6. The van der Waals surface area contributed by atoms with Gasteiger partial charge in [-0.05, 0) is 48.7 Å². The summed E-state index contributed by atoms with van der Waals surface area (Å²) in [4.78, 5) is 55.1. The van der Waals surface area contributed by atoms with Gasteiger partial charge >= 0.3 is 11.9 Å². The number of benzene rings is 2. The lowest BCUT2D eigenvalue weighted by Crippen LogP contribution is -2.40. The molecule has 0 fully saturated rings. The van der Waals surface area contributed by atoms with Crippen molar-refractivity contribution in [3.63, 3.8) is 0 Å². The summed E-state index contributed by atoms with van der Waals surface area (Å²) in [5.41, 5.74) is 0.792. The zero-order chi connectivity index (χ0) is 32.4. The number of fused-ring (bicyclic) bond motifs is 1. The molecule has 0 bridgehead atoms. The molecule has 0 amide bonds. The van der Waals surface area contributed by atoms with Gasteiger partial charge in [0.05, 0.1) is 46.0 Å². The van der Waals surface area contributed by atoms with Crippen molar-refractivity contribution in [3.8, 4) is 22.8 Å². The highest BCUT2D eigenvalue weighted by Crippen LogP contribution is 2.36. The number of nitro groups is 1. The average Bonchev–Trinajstić information content (AvgIpc) is 3.59. The number of ether oxygens (including phenoxy) is 3. The molecular formula is C32H29N3O9S. The minimum atomic E-state index is -0.942. The molecule has 2 aromatic heterocycles. The van der Waals surface area contributed by atoms with Crippen molar-refractivity contribution in [2.45, 2.75) is 33.7 Å². The van der Waals surface area contributed by atoms with Crippen LogP contribution in [0.25, 0.3) is 17.4 Å². The van der Waals surface area contributed by atoms with Crippen LogP contribution < -0.4 is 24.4 Å². The number of carbonyl (C=O) groups is 2. The van der Waals surface area contributed by atoms with Gasteiger partial charge in [0.2, 0.25) is 0 Å².